The van der Waals surface area contributed by atoms with Crippen LogP contribution >= 0.6 is 0 Å². The van der Waals surface area contributed by atoms with Gasteiger partial charge in [0.25, 0.3) is 0 Å². The van der Waals surface area contributed by atoms with Gasteiger partial charge in [-0.1, -0.05) is 62.2 Å². The average molecular weight is 467 g/mol. The molecule has 0 aromatic heterocycles. The third kappa shape index (κ3) is 13.2. The van der Waals surface area contributed by atoms with Crippen LogP contribution in [0.3, 0.4) is 0 Å². The standard InChI is InChI=1S/C17H28N2O.C8H10.C2H6.C2H4.C2H2/c1-4-14-11-16-13-19(9-6-5-8-18-2)10-7-15(16)12-17(14)20-3;1-7-3-5-8(2)6-4-7;3*1-2/h11-12,18H,4-10,13H2,1-3H3;3-6H,1-2H3;1-2H3;1-2H2;1-2H. The summed E-state index contributed by atoms with van der Waals surface area (Å²) in [6, 6.07) is 13.1. The molecule has 0 saturated heterocycles. The monoisotopic (exact) mass is 466 g/mol. The highest BCUT2D eigenvalue weighted by Gasteiger charge is 2.18. The largest absolute Gasteiger partial charge is 0.496 e. The van der Waals surface area contributed by atoms with E-state index in [4.69, 9.17) is 4.74 Å². The third-order valence-corrected chi connectivity index (χ3v) is 5.44. The Balaban J connectivity index is 0. The Morgan fingerprint density at radius 2 is 1.53 bits per heavy atom. The topological polar surface area (TPSA) is 24.5 Å². The molecule has 2 aromatic rings. The third-order valence-electron chi connectivity index (χ3n) is 5.44. The highest BCUT2D eigenvalue weighted by atomic mass is 16.5. The molecule has 0 bridgehead atoms. The van der Waals surface area contributed by atoms with E-state index in [1.165, 1.54) is 53.7 Å². The number of nitrogens with zero attached hydrogens (tertiary/aromatic N) is 1. The predicted octanol–water partition coefficient (Wildman–Crippen LogP) is 7.00. The Morgan fingerprint density at radius 1 is 0.971 bits per heavy atom. The van der Waals surface area contributed by atoms with E-state index in [0.29, 0.717) is 0 Å². The number of unbranched alkanes of at least 4 members (excludes halogenated alkanes) is 1. The SMILES string of the molecule is C#C.C=C.CC.CCc1cc2c(cc1OC)CCN(CCCCNC)C2.Cc1ccc(C)cc1. The van der Waals surface area contributed by atoms with E-state index in [1.807, 2.05) is 20.9 Å². The fourth-order valence-corrected chi connectivity index (χ4v) is 3.63. The summed E-state index contributed by atoms with van der Waals surface area (Å²) < 4.78 is 5.50. The van der Waals surface area contributed by atoms with Gasteiger partial charge in [-0.15, -0.1) is 26.0 Å². The van der Waals surface area contributed by atoms with Gasteiger partial charge in [0, 0.05) is 13.1 Å². The van der Waals surface area contributed by atoms with Gasteiger partial charge >= 0.3 is 0 Å². The Bertz CT molecular complexity index is 744. The lowest BCUT2D eigenvalue weighted by molar-refractivity contribution is 0.248. The zero-order valence-corrected chi connectivity index (χ0v) is 23.0. The molecule has 0 fully saturated rings. The number of aryl methyl sites for hydroxylation is 3. The Hall–Kier alpha value is -2.54. The van der Waals surface area contributed by atoms with E-state index in [-0.39, 0.29) is 0 Å². The first-order valence-corrected chi connectivity index (χ1v) is 12.5. The van der Waals surface area contributed by atoms with Crippen molar-refractivity contribution in [2.45, 2.75) is 66.8 Å². The summed E-state index contributed by atoms with van der Waals surface area (Å²) >= 11 is 0. The zero-order chi connectivity index (χ0) is 26.4. The lowest BCUT2D eigenvalue weighted by Gasteiger charge is -2.29. The summed E-state index contributed by atoms with van der Waals surface area (Å²) in [5.41, 5.74) is 6.97. The van der Waals surface area contributed by atoms with Crippen molar-refractivity contribution in [1.29, 1.82) is 0 Å². The minimum atomic E-state index is 1.04. The first kappa shape index (κ1) is 33.6. The molecular formula is C31H50N2O. The predicted molar refractivity (Wildman–Crippen MR) is 153 cm³/mol. The van der Waals surface area contributed by atoms with Gasteiger partial charge in [-0.05, 0) is 82.4 Å². The maximum Gasteiger partial charge on any atom is 0.122 e. The Kier molecular flexibility index (Phi) is 22.0. The molecule has 0 amide bonds. The number of fused-ring (bicyclic) bond motifs is 1. The molecular weight excluding hydrogens is 416 g/mol. The molecule has 1 heterocycles. The molecule has 3 rings (SSSR count). The van der Waals surface area contributed by atoms with E-state index >= 15 is 0 Å². The van der Waals surface area contributed by atoms with Gasteiger partial charge in [-0.25, -0.2) is 0 Å². The van der Waals surface area contributed by atoms with Gasteiger partial charge in [0.15, 0.2) is 0 Å². The van der Waals surface area contributed by atoms with Crippen LogP contribution in [0.5, 0.6) is 5.75 Å². The lowest BCUT2D eigenvalue weighted by atomic mass is 9.95. The van der Waals surface area contributed by atoms with E-state index in [0.717, 1.165) is 31.7 Å². The zero-order valence-electron chi connectivity index (χ0n) is 23.0. The average Bonchev–Trinajstić information content (AvgIpc) is 2.91. The van der Waals surface area contributed by atoms with E-state index in [9.17, 15) is 0 Å². The maximum atomic E-state index is 5.50. The van der Waals surface area contributed by atoms with Crippen molar-refractivity contribution >= 4 is 0 Å². The number of terminal acetylenes is 1. The molecule has 1 aliphatic heterocycles. The second kappa shape index (κ2) is 22.3. The van der Waals surface area contributed by atoms with Crippen molar-refractivity contribution in [1.82, 2.24) is 10.2 Å². The number of hydrogen-bond acceptors (Lipinski definition) is 3. The molecule has 1 N–H and O–H groups in total. The summed E-state index contributed by atoms with van der Waals surface area (Å²) in [6.07, 6.45) is 12.7. The van der Waals surface area contributed by atoms with E-state index < -0.39 is 0 Å². The normalized spacial score (nSPS) is 11.4. The number of benzene rings is 2. The molecule has 0 unspecified atom stereocenters. The van der Waals surface area contributed by atoms with Crippen molar-refractivity contribution in [3.05, 3.63) is 77.4 Å². The van der Waals surface area contributed by atoms with Gasteiger partial charge in [-0.2, -0.15) is 0 Å². The molecule has 3 nitrogen and oxygen atoms in total. The van der Waals surface area contributed by atoms with Crippen LogP contribution in [0.15, 0.2) is 49.6 Å². The molecule has 190 valence electrons. The number of nitrogens with one attached hydrogen (secondary N) is 1. The van der Waals surface area contributed by atoms with Gasteiger partial charge in [0.2, 0.25) is 0 Å². The van der Waals surface area contributed by atoms with E-state index in [2.05, 4.69) is 93.4 Å². The Morgan fingerprint density at radius 3 is 2.00 bits per heavy atom. The summed E-state index contributed by atoms with van der Waals surface area (Å²) in [4.78, 5) is 2.59. The van der Waals surface area contributed by atoms with Crippen LogP contribution in [-0.4, -0.2) is 38.7 Å². The molecule has 3 heteroatoms. The van der Waals surface area contributed by atoms with Crippen LogP contribution in [0.2, 0.25) is 0 Å². The van der Waals surface area contributed by atoms with Crippen LogP contribution in [-0.2, 0) is 19.4 Å². The highest BCUT2D eigenvalue weighted by molar-refractivity contribution is 5.43. The fraction of sp³-hybridized carbons (Fsp3) is 0.484. The Labute approximate surface area is 211 Å². The van der Waals surface area contributed by atoms with Crippen LogP contribution in [0.4, 0.5) is 0 Å². The van der Waals surface area contributed by atoms with Gasteiger partial charge in [0.1, 0.15) is 5.75 Å². The summed E-state index contributed by atoms with van der Waals surface area (Å²) in [6.45, 7) is 21.0. The minimum absolute atomic E-state index is 1.04. The molecule has 0 aliphatic carbocycles. The molecule has 0 radical (unpaired) electrons. The molecule has 0 spiro atoms. The summed E-state index contributed by atoms with van der Waals surface area (Å²) in [5.74, 6) is 1.06. The molecule has 2 aromatic carbocycles. The molecule has 0 saturated carbocycles. The molecule has 34 heavy (non-hydrogen) atoms. The van der Waals surface area contributed by atoms with Crippen molar-refractivity contribution in [2.75, 3.05) is 33.8 Å². The number of methoxy groups -OCH3 is 1. The molecule has 0 atom stereocenters. The van der Waals surface area contributed by atoms with Gasteiger partial charge < -0.3 is 10.1 Å². The van der Waals surface area contributed by atoms with Crippen molar-refractivity contribution in [2.24, 2.45) is 0 Å². The first-order chi connectivity index (χ1) is 16.6. The van der Waals surface area contributed by atoms with Crippen molar-refractivity contribution in [3.63, 3.8) is 0 Å². The number of hydrogen-bond donors (Lipinski definition) is 1. The lowest BCUT2D eigenvalue weighted by Crippen LogP contribution is -2.31. The molecule has 1 aliphatic rings. The fourth-order valence-electron chi connectivity index (χ4n) is 3.63. The second-order valence-electron chi connectivity index (χ2n) is 7.78. The van der Waals surface area contributed by atoms with Crippen LogP contribution in [0.1, 0.15) is 61.4 Å². The summed E-state index contributed by atoms with van der Waals surface area (Å²) in [5, 5.41) is 3.22. The van der Waals surface area contributed by atoms with Gasteiger partial charge in [0.05, 0.1) is 7.11 Å². The van der Waals surface area contributed by atoms with Gasteiger partial charge in [-0.3, -0.25) is 4.90 Å². The second-order valence-corrected chi connectivity index (χ2v) is 7.78. The van der Waals surface area contributed by atoms with Crippen LogP contribution in [0.25, 0.3) is 0 Å². The quantitative estimate of drug-likeness (QED) is 0.270. The smallest absolute Gasteiger partial charge is 0.122 e. The number of rotatable bonds is 7. The summed E-state index contributed by atoms with van der Waals surface area (Å²) in [7, 11) is 3.80. The highest BCUT2D eigenvalue weighted by Crippen LogP contribution is 2.28. The van der Waals surface area contributed by atoms with Crippen LogP contribution in [0, 0.1) is 26.7 Å². The van der Waals surface area contributed by atoms with Crippen molar-refractivity contribution in [3.8, 4) is 18.6 Å². The maximum absolute atomic E-state index is 5.50. The first-order valence-electron chi connectivity index (χ1n) is 12.5. The number of ether oxygens (including phenoxy) is 1. The van der Waals surface area contributed by atoms with Crippen molar-refractivity contribution < 1.29 is 4.74 Å². The minimum Gasteiger partial charge on any atom is -0.496 e. The van der Waals surface area contributed by atoms with E-state index in [1.54, 1.807) is 7.11 Å². The van der Waals surface area contributed by atoms with Crippen LogP contribution < -0.4 is 10.1 Å².